The summed E-state index contributed by atoms with van der Waals surface area (Å²) in [6.07, 6.45) is 9.47. The van der Waals surface area contributed by atoms with Crippen LogP contribution in [-0.4, -0.2) is 11.5 Å². The Hall–Kier alpha value is -1.41. The van der Waals surface area contributed by atoms with Gasteiger partial charge in [-0.05, 0) is 42.2 Å². The van der Waals surface area contributed by atoms with Gasteiger partial charge >= 0.3 is 0 Å². The number of rotatable bonds is 5. The molecule has 0 radical (unpaired) electrons. The molecule has 112 valence electrons. The van der Waals surface area contributed by atoms with E-state index < -0.39 is 0 Å². The van der Waals surface area contributed by atoms with Crippen molar-refractivity contribution in [2.75, 3.05) is 6.54 Å². The van der Waals surface area contributed by atoms with E-state index >= 15 is 0 Å². The van der Waals surface area contributed by atoms with Crippen LogP contribution in [-0.2, 0) is 0 Å². The van der Waals surface area contributed by atoms with Crippen molar-refractivity contribution in [1.29, 1.82) is 0 Å². The quantitative estimate of drug-likeness (QED) is 0.859. The number of benzene rings is 1. The highest BCUT2D eigenvalue weighted by Gasteiger charge is 2.31. The second-order valence-electron chi connectivity index (χ2n) is 6.33. The van der Waals surface area contributed by atoms with Crippen LogP contribution >= 0.6 is 0 Å². The van der Waals surface area contributed by atoms with Gasteiger partial charge in [0.15, 0.2) is 0 Å². The van der Waals surface area contributed by atoms with E-state index in [0.717, 1.165) is 18.4 Å². The smallest absolute Gasteiger partial charge is 0.0370 e. The minimum atomic E-state index is 0.449. The van der Waals surface area contributed by atoms with E-state index in [9.17, 15) is 0 Å². The average molecular weight is 282 g/mol. The van der Waals surface area contributed by atoms with Gasteiger partial charge in [0.25, 0.3) is 0 Å². The lowest BCUT2D eigenvalue weighted by Crippen LogP contribution is -2.27. The molecule has 1 aromatic carbocycles. The fourth-order valence-corrected chi connectivity index (χ4v) is 3.93. The Morgan fingerprint density at radius 1 is 1.19 bits per heavy atom. The Morgan fingerprint density at radius 3 is 2.81 bits per heavy atom. The van der Waals surface area contributed by atoms with Gasteiger partial charge in [-0.1, -0.05) is 51.0 Å². The summed E-state index contributed by atoms with van der Waals surface area (Å²) in [4.78, 5) is 4.49. The SMILES string of the molecule is CCNC(c1cncc2ccccc12)C1CCC(CC)C1. The topological polar surface area (TPSA) is 24.9 Å². The lowest BCUT2D eigenvalue weighted by Gasteiger charge is -2.26. The highest BCUT2D eigenvalue weighted by Crippen LogP contribution is 2.41. The first kappa shape index (κ1) is 14.5. The largest absolute Gasteiger partial charge is 0.310 e. The van der Waals surface area contributed by atoms with E-state index in [-0.39, 0.29) is 0 Å². The van der Waals surface area contributed by atoms with Crippen LogP contribution in [0.4, 0.5) is 0 Å². The predicted molar refractivity (Wildman–Crippen MR) is 89.3 cm³/mol. The summed E-state index contributed by atoms with van der Waals surface area (Å²) in [6.45, 7) is 5.55. The zero-order valence-corrected chi connectivity index (χ0v) is 13.2. The van der Waals surface area contributed by atoms with Crippen molar-refractivity contribution in [3.63, 3.8) is 0 Å². The molecular formula is C19H26N2. The highest BCUT2D eigenvalue weighted by molar-refractivity contribution is 5.85. The molecule has 1 aliphatic carbocycles. The Balaban J connectivity index is 1.96. The van der Waals surface area contributed by atoms with Gasteiger partial charge in [-0.2, -0.15) is 0 Å². The molecule has 0 saturated heterocycles. The first-order valence-corrected chi connectivity index (χ1v) is 8.39. The summed E-state index contributed by atoms with van der Waals surface area (Å²) in [7, 11) is 0. The molecule has 1 aliphatic rings. The summed E-state index contributed by atoms with van der Waals surface area (Å²) in [5, 5.41) is 6.35. The number of hydrogen-bond donors (Lipinski definition) is 1. The number of pyridine rings is 1. The molecule has 3 rings (SSSR count). The van der Waals surface area contributed by atoms with Crippen LogP contribution in [0.15, 0.2) is 36.7 Å². The molecule has 0 spiro atoms. The Morgan fingerprint density at radius 2 is 2.05 bits per heavy atom. The fraction of sp³-hybridized carbons (Fsp3) is 0.526. The van der Waals surface area contributed by atoms with Crippen molar-refractivity contribution in [3.8, 4) is 0 Å². The lowest BCUT2D eigenvalue weighted by atomic mass is 9.89. The molecule has 1 fully saturated rings. The van der Waals surface area contributed by atoms with Crippen LogP contribution in [0.3, 0.4) is 0 Å². The molecule has 1 N–H and O–H groups in total. The minimum Gasteiger partial charge on any atom is -0.310 e. The van der Waals surface area contributed by atoms with Crippen molar-refractivity contribution in [2.45, 2.75) is 45.6 Å². The molecule has 1 heterocycles. The van der Waals surface area contributed by atoms with Crippen LogP contribution in [0.2, 0.25) is 0 Å². The standard InChI is InChI=1S/C19H26N2/c1-3-14-9-10-15(11-14)19(21-4-2)18-13-20-12-16-7-5-6-8-17(16)18/h5-8,12-15,19,21H,3-4,9-11H2,1-2H3. The second-order valence-corrected chi connectivity index (χ2v) is 6.33. The number of aromatic nitrogens is 1. The number of nitrogens with one attached hydrogen (secondary N) is 1. The van der Waals surface area contributed by atoms with E-state index in [1.165, 1.54) is 42.0 Å². The van der Waals surface area contributed by atoms with Crippen molar-refractivity contribution in [1.82, 2.24) is 10.3 Å². The minimum absolute atomic E-state index is 0.449. The Bertz CT molecular complexity index is 588. The zero-order chi connectivity index (χ0) is 14.7. The van der Waals surface area contributed by atoms with E-state index in [0.29, 0.717) is 6.04 Å². The first-order chi connectivity index (χ1) is 10.3. The Kier molecular flexibility index (Phi) is 4.54. The molecule has 0 aliphatic heterocycles. The van der Waals surface area contributed by atoms with Crippen molar-refractivity contribution >= 4 is 10.8 Å². The van der Waals surface area contributed by atoms with Gasteiger partial charge in [-0.15, -0.1) is 0 Å². The average Bonchev–Trinajstić information content (AvgIpc) is 3.01. The van der Waals surface area contributed by atoms with Gasteiger partial charge in [0.1, 0.15) is 0 Å². The van der Waals surface area contributed by atoms with E-state index in [2.05, 4.69) is 54.6 Å². The van der Waals surface area contributed by atoms with Crippen LogP contribution in [0.25, 0.3) is 10.8 Å². The summed E-state index contributed by atoms with van der Waals surface area (Å²) < 4.78 is 0. The van der Waals surface area contributed by atoms with Gasteiger partial charge in [-0.25, -0.2) is 0 Å². The first-order valence-electron chi connectivity index (χ1n) is 8.39. The molecule has 0 bridgehead atoms. The van der Waals surface area contributed by atoms with Gasteiger partial charge < -0.3 is 5.32 Å². The second kappa shape index (κ2) is 6.57. The molecule has 1 saturated carbocycles. The molecular weight excluding hydrogens is 256 g/mol. The number of nitrogens with zero attached hydrogens (tertiary/aromatic N) is 1. The summed E-state index contributed by atoms with van der Waals surface area (Å²) in [5.41, 5.74) is 1.39. The summed E-state index contributed by atoms with van der Waals surface area (Å²) >= 11 is 0. The highest BCUT2D eigenvalue weighted by atomic mass is 14.9. The Labute approximate surface area is 128 Å². The molecule has 3 atom stereocenters. The summed E-state index contributed by atoms with van der Waals surface area (Å²) in [6, 6.07) is 9.09. The molecule has 0 amide bonds. The molecule has 2 heteroatoms. The third kappa shape index (κ3) is 2.96. The molecule has 1 aromatic heterocycles. The molecule has 2 nitrogen and oxygen atoms in total. The van der Waals surface area contributed by atoms with Gasteiger partial charge in [0.2, 0.25) is 0 Å². The van der Waals surface area contributed by atoms with Crippen LogP contribution in [0.1, 0.15) is 51.1 Å². The van der Waals surface area contributed by atoms with Crippen molar-refractivity contribution in [2.24, 2.45) is 11.8 Å². The third-order valence-corrected chi connectivity index (χ3v) is 5.09. The van der Waals surface area contributed by atoms with Gasteiger partial charge in [0.05, 0.1) is 0 Å². The third-order valence-electron chi connectivity index (χ3n) is 5.09. The predicted octanol–water partition coefficient (Wildman–Crippen LogP) is 4.71. The zero-order valence-electron chi connectivity index (χ0n) is 13.2. The summed E-state index contributed by atoms with van der Waals surface area (Å²) in [5.74, 6) is 1.67. The van der Waals surface area contributed by atoms with Crippen LogP contribution < -0.4 is 5.32 Å². The normalized spacial score (nSPS) is 23.5. The van der Waals surface area contributed by atoms with E-state index in [4.69, 9.17) is 0 Å². The maximum Gasteiger partial charge on any atom is 0.0370 e. The monoisotopic (exact) mass is 282 g/mol. The number of hydrogen-bond acceptors (Lipinski definition) is 2. The number of fused-ring (bicyclic) bond motifs is 1. The van der Waals surface area contributed by atoms with Crippen LogP contribution in [0, 0.1) is 11.8 Å². The van der Waals surface area contributed by atoms with Crippen molar-refractivity contribution in [3.05, 3.63) is 42.2 Å². The molecule has 3 unspecified atom stereocenters. The van der Waals surface area contributed by atoms with Gasteiger partial charge in [0, 0.05) is 23.8 Å². The molecule has 21 heavy (non-hydrogen) atoms. The van der Waals surface area contributed by atoms with Gasteiger partial charge in [-0.3, -0.25) is 4.98 Å². The van der Waals surface area contributed by atoms with E-state index in [1.54, 1.807) is 0 Å². The van der Waals surface area contributed by atoms with Crippen LogP contribution in [0.5, 0.6) is 0 Å². The van der Waals surface area contributed by atoms with Crippen molar-refractivity contribution < 1.29 is 0 Å². The fourth-order valence-electron chi connectivity index (χ4n) is 3.93. The molecule has 2 aromatic rings. The van der Waals surface area contributed by atoms with E-state index in [1.807, 2.05) is 6.20 Å². The lowest BCUT2D eigenvalue weighted by molar-refractivity contribution is 0.360. The maximum atomic E-state index is 4.49. The maximum absolute atomic E-state index is 4.49.